The SMILES string of the molecule is CC.CCCC.CCCCC(CC)Cn1c(-c2ccccc2C)nc2ccc(-c3ccc(C)cc3)cc2c1=O.CCCCCC1CC1. The van der Waals surface area contributed by atoms with Crippen LogP contribution in [0.1, 0.15) is 137 Å². The summed E-state index contributed by atoms with van der Waals surface area (Å²) in [7, 11) is 0. The number of hydrogen-bond acceptors (Lipinski definition) is 2. The molecule has 258 valence electrons. The molecule has 1 atom stereocenters. The zero-order valence-corrected chi connectivity index (χ0v) is 31.5. The number of fused-ring (bicyclic) bond motifs is 1. The van der Waals surface area contributed by atoms with Crippen LogP contribution in [0.3, 0.4) is 0 Å². The first-order valence-corrected chi connectivity index (χ1v) is 19.0. The quantitative estimate of drug-likeness (QED) is 0.137. The number of hydrogen-bond donors (Lipinski definition) is 0. The van der Waals surface area contributed by atoms with Crippen LogP contribution in [-0.2, 0) is 6.54 Å². The van der Waals surface area contributed by atoms with Gasteiger partial charge in [0.1, 0.15) is 5.82 Å². The molecule has 0 N–H and O–H groups in total. The summed E-state index contributed by atoms with van der Waals surface area (Å²) >= 11 is 0. The van der Waals surface area contributed by atoms with Gasteiger partial charge in [-0.15, -0.1) is 0 Å². The van der Waals surface area contributed by atoms with Gasteiger partial charge in [-0.1, -0.05) is 179 Å². The second kappa shape index (κ2) is 22.4. The minimum absolute atomic E-state index is 0.0576. The lowest BCUT2D eigenvalue weighted by Crippen LogP contribution is -2.27. The molecule has 1 aliphatic rings. The standard InChI is InChI=1S/C30H34N2O.C8H16.C4H10.C2H6/c1-5-7-11-23(6-2)20-32-29(26-12-9-8-10-22(26)4)31-28-18-17-25(19-27(28)30(32)33)24-15-13-21(3)14-16-24;1-2-3-4-5-8-6-7-8;1-3-4-2;1-2/h8-10,12-19,23H,5-7,11,20H2,1-4H3;8H,2-7H2,1H3;3-4H2,1-2H3;1-2H3. The summed E-state index contributed by atoms with van der Waals surface area (Å²) in [4.78, 5) is 19.0. The fourth-order valence-corrected chi connectivity index (χ4v) is 5.61. The summed E-state index contributed by atoms with van der Waals surface area (Å²) in [6.45, 7) is 20.0. The van der Waals surface area contributed by atoms with Crippen LogP contribution in [0, 0.1) is 25.7 Å². The molecular formula is C44H66N2O. The molecule has 1 saturated carbocycles. The third-order valence-corrected chi connectivity index (χ3v) is 9.12. The van der Waals surface area contributed by atoms with E-state index in [1.807, 2.05) is 42.7 Å². The number of nitrogens with zero attached hydrogens (tertiary/aromatic N) is 2. The van der Waals surface area contributed by atoms with Crippen LogP contribution in [0.15, 0.2) is 71.5 Å². The lowest BCUT2D eigenvalue weighted by molar-refractivity contribution is 0.386. The van der Waals surface area contributed by atoms with Gasteiger partial charge in [-0.25, -0.2) is 4.98 Å². The molecule has 1 fully saturated rings. The zero-order valence-electron chi connectivity index (χ0n) is 31.5. The molecule has 0 bridgehead atoms. The lowest BCUT2D eigenvalue weighted by atomic mass is 9.98. The van der Waals surface area contributed by atoms with Gasteiger partial charge >= 0.3 is 0 Å². The molecule has 0 aliphatic heterocycles. The Morgan fingerprint density at radius 3 is 1.98 bits per heavy atom. The maximum absolute atomic E-state index is 13.9. The van der Waals surface area contributed by atoms with Crippen molar-refractivity contribution in [2.45, 2.75) is 146 Å². The second-order valence-electron chi connectivity index (χ2n) is 13.1. The maximum Gasteiger partial charge on any atom is 0.261 e. The third-order valence-electron chi connectivity index (χ3n) is 9.12. The molecule has 0 spiro atoms. The highest BCUT2D eigenvalue weighted by Gasteiger charge is 2.20. The molecule has 47 heavy (non-hydrogen) atoms. The first-order valence-electron chi connectivity index (χ1n) is 19.0. The van der Waals surface area contributed by atoms with E-state index in [1.165, 1.54) is 69.8 Å². The van der Waals surface area contributed by atoms with E-state index in [0.717, 1.165) is 52.4 Å². The Bertz CT molecular complexity index is 1480. The maximum atomic E-state index is 13.9. The fourth-order valence-electron chi connectivity index (χ4n) is 5.61. The van der Waals surface area contributed by atoms with Crippen LogP contribution in [0.25, 0.3) is 33.4 Å². The molecule has 3 heteroatoms. The number of benzene rings is 3. The van der Waals surface area contributed by atoms with Gasteiger partial charge in [0.25, 0.3) is 5.56 Å². The van der Waals surface area contributed by atoms with Crippen LogP contribution in [-0.4, -0.2) is 9.55 Å². The summed E-state index contributed by atoms with van der Waals surface area (Å²) in [5.41, 5.74) is 6.37. The molecule has 1 aliphatic carbocycles. The van der Waals surface area contributed by atoms with Gasteiger partial charge in [0.15, 0.2) is 0 Å². The zero-order chi connectivity index (χ0) is 34.6. The third kappa shape index (κ3) is 13.1. The average molecular weight is 639 g/mol. The minimum Gasteiger partial charge on any atom is -0.292 e. The van der Waals surface area contributed by atoms with Gasteiger partial charge in [-0.05, 0) is 60.9 Å². The van der Waals surface area contributed by atoms with Gasteiger partial charge in [0.2, 0.25) is 0 Å². The van der Waals surface area contributed by atoms with Crippen molar-refractivity contribution >= 4 is 10.9 Å². The smallest absolute Gasteiger partial charge is 0.261 e. The van der Waals surface area contributed by atoms with Gasteiger partial charge in [0, 0.05) is 12.1 Å². The first-order chi connectivity index (χ1) is 22.9. The Kier molecular flexibility index (Phi) is 19.0. The van der Waals surface area contributed by atoms with E-state index in [9.17, 15) is 4.79 Å². The van der Waals surface area contributed by atoms with Gasteiger partial charge in [0.05, 0.1) is 10.9 Å². The monoisotopic (exact) mass is 639 g/mol. The molecule has 0 radical (unpaired) electrons. The van der Waals surface area contributed by atoms with E-state index in [0.29, 0.717) is 17.8 Å². The number of unbranched alkanes of at least 4 members (excludes halogenated alkanes) is 4. The van der Waals surface area contributed by atoms with Crippen LogP contribution >= 0.6 is 0 Å². The highest BCUT2D eigenvalue weighted by molar-refractivity contribution is 5.85. The fraction of sp³-hybridized carbons (Fsp3) is 0.545. The highest BCUT2D eigenvalue weighted by atomic mass is 16.1. The Balaban J connectivity index is 0.000000459. The summed E-state index contributed by atoms with van der Waals surface area (Å²) in [6, 6.07) is 22.7. The van der Waals surface area contributed by atoms with Crippen LogP contribution in [0.2, 0.25) is 0 Å². The van der Waals surface area contributed by atoms with Crippen molar-refractivity contribution in [3.05, 3.63) is 88.2 Å². The molecule has 1 unspecified atom stereocenters. The summed E-state index contributed by atoms with van der Waals surface area (Å²) < 4.78 is 1.94. The Labute approximate surface area is 288 Å². The van der Waals surface area contributed by atoms with E-state index in [-0.39, 0.29) is 5.56 Å². The highest BCUT2D eigenvalue weighted by Crippen LogP contribution is 2.34. The minimum atomic E-state index is 0.0576. The average Bonchev–Trinajstić information content (AvgIpc) is 3.94. The van der Waals surface area contributed by atoms with Crippen LogP contribution in [0.5, 0.6) is 0 Å². The van der Waals surface area contributed by atoms with Gasteiger partial charge in [-0.3, -0.25) is 9.36 Å². The Hall–Kier alpha value is -3.20. The van der Waals surface area contributed by atoms with Crippen molar-refractivity contribution in [1.82, 2.24) is 9.55 Å². The lowest BCUT2D eigenvalue weighted by Gasteiger charge is -2.20. The van der Waals surface area contributed by atoms with E-state index < -0.39 is 0 Å². The summed E-state index contributed by atoms with van der Waals surface area (Å²) in [6.07, 6.45) is 16.1. The predicted molar refractivity (Wildman–Crippen MR) is 208 cm³/mol. The molecule has 5 rings (SSSR count). The van der Waals surface area contributed by atoms with Crippen LogP contribution < -0.4 is 5.56 Å². The first kappa shape index (κ1) is 40.0. The Morgan fingerprint density at radius 2 is 1.40 bits per heavy atom. The van der Waals surface area contributed by atoms with Crippen molar-refractivity contribution in [2.75, 3.05) is 0 Å². The molecule has 1 aromatic heterocycles. The van der Waals surface area contributed by atoms with E-state index in [2.05, 4.69) is 90.9 Å². The number of rotatable bonds is 13. The van der Waals surface area contributed by atoms with Crippen molar-refractivity contribution < 1.29 is 0 Å². The Morgan fingerprint density at radius 1 is 0.766 bits per heavy atom. The normalized spacial score (nSPS) is 12.6. The van der Waals surface area contributed by atoms with Gasteiger partial charge in [-0.2, -0.15) is 0 Å². The summed E-state index contributed by atoms with van der Waals surface area (Å²) in [5.74, 6) is 2.40. The number of aromatic nitrogens is 2. The van der Waals surface area contributed by atoms with Gasteiger partial charge < -0.3 is 0 Å². The van der Waals surface area contributed by atoms with Crippen molar-refractivity contribution in [1.29, 1.82) is 0 Å². The van der Waals surface area contributed by atoms with E-state index in [1.54, 1.807) is 0 Å². The molecular weight excluding hydrogens is 572 g/mol. The summed E-state index contributed by atoms with van der Waals surface area (Å²) in [5, 5.41) is 0.691. The van der Waals surface area contributed by atoms with E-state index >= 15 is 0 Å². The second-order valence-corrected chi connectivity index (χ2v) is 13.1. The number of aryl methyl sites for hydroxylation is 2. The molecule has 3 nitrogen and oxygen atoms in total. The topological polar surface area (TPSA) is 34.9 Å². The van der Waals surface area contributed by atoms with Crippen molar-refractivity contribution in [3.63, 3.8) is 0 Å². The molecule has 4 aromatic rings. The predicted octanol–water partition coefficient (Wildman–Crippen LogP) is 13.4. The molecule has 0 amide bonds. The van der Waals surface area contributed by atoms with Crippen LogP contribution in [0.4, 0.5) is 0 Å². The van der Waals surface area contributed by atoms with Crippen molar-refractivity contribution in [3.8, 4) is 22.5 Å². The molecule has 0 saturated heterocycles. The largest absolute Gasteiger partial charge is 0.292 e. The van der Waals surface area contributed by atoms with Crippen molar-refractivity contribution in [2.24, 2.45) is 11.8 Å². The molecule has 3 aromatic carbocycles. The molecule has 1 heterocycles. The van der Waals surface area contributed by atoms with E-state index in [4.69, 9.17) is 4.98 Å².